The van der Waals surface area contributed by atoms with Crippen molar-refractivity contribution in [2.24, 2.45) is 0 Å². The van der Waals surface area contributed by atoms with Crippen LogP contribution in [-0.2, 0) is 9.31 Å². The van der Waals surface area contributed by atoms with E-state index in [9.17, 15) is 0 Å². The molecule has 30 heavy (non-hydrogen) atoms. The second kappa shape index (κ2) is 11.1. The molecule has 0 N–H and O–H groups in total. The lowest BCUT2D eigenvalue weighted by Gasteiger charge is -2.32. The van der Waals surface area contributed by atoms with Crippen molar-refractivity contribution in [2.45, 2.75) is 66.6 Å². The van der Waals surface area contributed by atoms with Crippen LogP contribution in [0, 0.1) is 13.8 Å². The number of nitrogens with zero attached hydrogens (tertiary/aromatic N) is 2. The van der Waals surface area contributed by atoms with Crippen LogP contribution in [-0.4, -0.2) is 42.5 Å². The molecule has 0 spiro atoms. The van der Waals surface area contributed by atoms with Crippen molar-refractivity contribution < 1.29 is 18.8 Å². The van der Waals surface area contributed by atoms with Gasteiger partial charge < -0.3 is 18.8 Å². The summed E-state index contributed by atoms with van der Waals surface area (Å²) in [5, 5.41) is 0. The van der Waals surface area contributed by atoms with E-state index < -0.39 is 0 Å². The zero-order chi connectivity index (χ0) is 23.1. The van der Waals surface area contributed by atoms with Crippen molar-refractivity contribution in [3.8, 4) is 11.8 Å². The predicted molar refractivity (Wildman–Crippen MR) is 126 cm³/mol. The number of hydrogen-bond acceptors (Lipinski definition) is 6. The topological polar surface area (TPSA) is 62.7 Å². The summed E-state index contributed by atoms with van der Waals surface area (Å²) in [4.78, 5) is 8.20. The smallest absolute Gasteiger partial charge is 0.481 e. The Hall–Kier alpha value is -1.64. The Balaban J connectivity index is 0.000000318. The molecule has 1 fully saturated rings. The standard InChI is InChI=1S/C13H20BNO3.C7H8BrNO.C2H6/c1-9-7-11(16-6)15-8-10(9)14-17-12(2,3)13(4,5)18-14;1-5-3-7(10-2)9-4-6(5)8;1-2/h7-8H,1-6H3;3-4H,1-2H3;1-2H3. The second-order valence-corrected chi connectivity index (χ2v) is 8.50. The summed E-state index contributed by atoms with van der Waals surface area (Å²) in [6, 6.07) is 3.77. The Labute approximate surface area is 190 Å². The van der Waals surface area contributed by atoms with E-state index in [4.69, 9.17) is 18.8 Å². The molecule has 6 nitrogen and oxygen atoms in total. The Kier molecular flexibility index (Phi) is 9.78. The minimum atomic E-state index is -0.367. The summed E-state index contributed by atoms with van der Waals surface area (Å²) in [7, 11) is 2.85. The van der Waals surface area contributed by atoms with Gasteiger partial charge in [-0.15, -0.1) is 0 Å². The molecular weight excluding hydrogens is 447 g/mol. The van der Waals surface area contributed by atoms with E-state index in [1.807, 2.05) is 67.5 Å². The lowest BCUT2D eigenvalue weighted by atomic mass is 9.77. The molecule has 0 saturated carbocycles. The molecule has 166 valence electrons. The van der Waals surface area contributed by atoms with Crippen molar-refractivity contribution in [2.75, 3.05) is 14.2 Å². The molecule has 0 unspecified atom stereocenters. The molecule has 3 heterocycles. The van der Waals surface area contributed by atoms with Gasteiger partial charge in [0, 0.05) is 34.5 Å². The molecule has 0 bridgehead atoms. The maximum absolute atomic E-state index is 6.00. The molecule has 8 heteroatoms. The molecule has 0 amide bonds. The summed E-state index contributed by atoms with van der Waals surface area (Å²) < 4.78 is 23.0. The lowest BCUT2D eigenvalue weighted by Crippen LogP contribution is -2.41. The van der Waals surface area contributed by atoms with E-state index in [1.165, 1.54) is 0 Å². The normalized spacial score (nSPS) is 16.0. The van der Waals surface area contributed by atoms with Gasteiger partial charge in [-0.2, -0.15) is 0 Å². The van der Waals surface area contributed by atoms with Gasteiger partial charge in [0.15, 0.2) is 0 Å². The average molecular weight is 481 g/mol. The minimum absolute atomic E-state index is 0.329. The molecule has 0 aliphatic carbocycles. The fraction of sp³-hybridized carbons (Fsp3) is 0.545. The van der Waals surface area contributed by atoms with Crippen LogP contribution in [0.1, 0.15) is 52.7 Å². The van der Waals surface area contributed by atoms with Gasteiger partial charge in [-0.25, -0.2) is 9.97 Å². The molecule has 0 atom stereocenters. The molecule has 2 aromatic rings. The van der Waals surface area contributed by atoms with Gasteiger partial charge in [0.2, 0.25) is 11.8 Å². The van der Waals surface area contributed by atoms with Crippen LogP contribution in [0.4, 0.5) is 0 Å². The number of aryl methyl sites for hydroxylation is 2. The van der Waals surface area contributed by atoms with Crippen LogP contribution >= 0.6 is 15.9 Å². The van der Waals surface area contributed by atoms with Gasteiger partial charge in [-0.3, -0.25) is 0 Å². The fourth-order valence-electron chi connectivity index (χ4n) is 2.49. The first-order valence-electron chi connectivity index (χ1n) is 10.0. The summed E-state index contributed by atoms with van der Waals surface area (Å²) in [6.07, 6.45) is 3.49. The van der Waals surface area contributed by atoms with Crippen molar-refractivity contribution in [1.29, 1.82) is 0 Å². The van der Waals surface area contributed by atoms with E-state index in [-0.39, 0.29) is 18.3 Å². The van der Waals surface area contributed by atoms with Crippen LogP contribution in [0.25, 0.3) is 0 Å². The zero-order valence-electron chi connectivity index (χ0n) is 19.8. The Morgan fingerprint density at radius 2 is 1.27 bits per heavy atom. The van der Waals surface area contributed by atoms with Gasteiger partial charge in [0.05, 0.1) is 25.4 Å². The quantitative estimate of drug-likeness (QED) is 0.583. The van der Waals surface area contributed by atoms with E-state index in [2.05, 4.69) is 25.9 Å². The molecule has 1 saturated heterocycles. The maximum Gasteiger partial charge on any atom is 0.496 e. The molecular formula is C22H34BBrN2O4. The first-order chi connectivity index (χ1) is 14.0. The Morgan fingerprint density at radius 3 is 1.67 bits per heavy atom. The SMILES string of the molecule is CC.COc1cc(C)c(B2OC(C)(C)C(C)(C)O2)cn1.COc1cc(C)c(Br)cn1. The highest BCUT2D eigenvalue weighted by Crippen LogP contribution is 2.36. The number of halogens is 1. The fourth-order valence-corrected chi connectivity index (χ4v) is 2.71. The van der Waals surface area contributed by atoms with Crippen molar-refractivity contribution in [3.05, 3.63) is 40.1 Å². The predicted octanol–water partition coefficient (Wildman–Crippen LogP) is 4.89. The van der Waals surface area contributed by atoms with Crippen LogP contribution in [0.3, 0.4) is 0 Å². The number of pyridine rings is 2. The van der Waals surface area contributed by atoms with Gasteiger partial charge in [-0.05, 0) is 68.6 Å². The Morgan fingerprint density at radius 1 is 0.833 bits per heavy atom. The first-order valence-corrected chi connectivity index (χ1v) is 10.8. The van der Waals surface area contributed by atoms with Gasteiger partial charge >= 0.3 is 7.12 Å². The van der Waals surface area contributed by atoms with E-state index in [0.717, 1.165) is 21.1 Å². The van der Waals surface area contributed by atoms with Crippen LogP contribution in [0.5, 0.6) is 11.8 Å². The van der Waals surface area contributed by atoms with Crippen LogP contribution < -0.4 is 14.9 Å². The molecule has 2 aromatic heterocycles. The molecule has 0 aromatic carbocycles. The number of hydrogen-bond donors (Lipinski definition) is 0. The van der Waals surface area contributed by atoms with E-state index >= 15 is 0 Å². The van der Waals surface area contributed by atoms with E-state index in [1.54, 1.807) is 26.6 Å². The lowest BCUT2D eigenvalue weighted by molar-refractivity contribution is 0.00578. The third kappa shape index (κ3) is 6.43. The molecule has 3 rings (SSSR count). The summed E-state index contributed by atoms with van der Waals surface area (Å²) >= 11 is 3.34. The van der Waals surface area contributed by atoms with Crippen molar-refractivity contribution in [3.63, 3.8) is 0 Å². The van der Waals surface area contributed by atoms with Crippen molar-refractivity contribution >= 4 is 28.5 Å². The average Bonchev–Trinajstić information content (AvgIpc) is 2.92. The number of ether oxygens (including phenoxy) is 2. The highest BCUT2D eigenvalue weighted by atomic mass is 79.9. The second-order valence-electron chi connectivity index (χ2n) is 7.65. The molecule has 1 aliphatic rings. The summed E-state index contributed by atoms with van der Waals surface area (Å²) in [6.45, 7) is 16.2. The molecule has 0 radical (unpaired) electrons. The number of rotatable bonds is 3. The Bertz CT molecular complexity index is 815. The van der Waals surface area contributed by atoms with Gasteiger partial charge in [0.1, 0.15) is 0 Å². The third-order valence-electron chi connectivity index (χ3n) is 5.07. The number of aromatic nitrogens is 2. The molecule has 1 aliphatic heterocycles. The van der Waals surface area contributed by atoms with E-state index in [0.29, 0.717) is 11.8 Å². The zero-order valence-corrected chi connectivity index (χ0v) is 21.4. The summed E-state index contributed by atoms with van der Waals surface area (Å²) in [5.41, 5.74) is 2.48. The van der Waals surface area contributed by atoms with Gasteiger partial charge in [0.25, 0.3) is 0 Å². The largest absolute Gasteiger partial charge is 0.496 e. The highest BCUT2D eigenvalue weighted by molar-refractivity contribution is 9.10. The monoisotopic (exact) mass is 480 g/mol. The van der Waals surface area contributed by atoms with Crippen LogP contribution in [0.15, 0.2) is 29.0 Å². The maximum atomic E-state index is 6.00. The van der Waals surface area contributed by atoms with Gasteiger partial charge in [-0.1, -0.05) is 13.8 Å². The van der Waals surface area contributed by atoms with Crippen molar-refractivity contribution in [1.82, 2.24) is 9.97 Å². The first kappa shape index (κ1) is 26.4. The third-order valence-corrected chi connectivity index (χ3v) is 5.90. The highest BCUT2D eigenvalue weighted by Gasteiger charge is 2.52. The minimum Gasteiger partial charge on any atom is -0.481 e. The number of methoxy groups -OCH3 is 2. The summed E-state index contributed by atoms with van der Waals surface area (Å²) in [5.74, 6) is 1.26. The van der Waals surface area contributed by atoms with Crippen LogP contribution in [0.2, 0.25) is 0 Å².